The molecule has 2 fully saturated rings. The van der Waals surface area contributed by atoms with Gasteiger partial charge in [-0.05, 0) is 25.7 Å². The highest BCUT2D eigenvalue weighted by Gasteiger charge is 2.25. The fraction of sp³-hybridized carbons (Fsp3) is 0.826. The lowest BCUT2D eigenvalue weighted by atomic mass is 10.1. The van der Waals surface area contributed by atoms with Gasteiger partial charge < -0.3 is 49.8 Å². The van der Waals surface area contributed by atoms with Crippen LogP contribution in [0.2, 0.25) is 0 Å². The Morgan fingerprint density at radius 3 is 1.59 bits per heavy atom. The molecule has 15 nitrogen and oxygen atoms in total. The van der Waals surface area contributed by atoms with Gasteiger partial charge in [0.1, 0.15) is 12.2 Å². The van der Waals surface area contributed by atoms with Crippen molar-refractivity contribution >= 4 is 36.4 Å². The molecule has 0 aromatic heterocycles. The Labute approximate surface area is 233 Å². The zero-order chi connectivity index (χ0) is 28.5. The Morgan fingerprint density at radius 2 is 1.18 bits per heavy atom. The zero-order valence-corrected chi connectivity index (χ0v) is 22.9. The van der Waals surface area contributed by atoms with Crippen molar-refractivity contribution in [1.82, 2.24) is 25.6 Å². The fourth-order valence-electron chi connectivity index (χ4n) is 3.84. The van der Waals surface area contributed by atoms with Crippen molar-refractivity contribution in [3.63, 3.8) is 0 Å². The number of nitrogens with one attached hydrogen (secondary N) is 4. The minimum atomic E-state index is -0.735. The summed E-state index contributed by atoms with van der Waals surface area (Å²) in [6, 6.07) is 0. The number of hydrogen-bond acceptors (Lipinski definition) is 12. The van der Waals surface area contributed by atoms with Crippen LogP contribution in [0.5, 0.6) is 0 Å². The van der Waals surface area contributed by atoms with Crippen molar-refractivity contribution in [2.75, 3.05) is 65.7 Å². The van der Waals surface area contributed by atoms with E-state index >= 15 is 0 Å². The lowest BCUT2D eigenvalue weighted by Gasteiger charge is -2.28. The number of carbonyl (C=O) groups excluding carboxylic acids is 4. The summed E-state index contributed by atoms with van der Waals surface area (Å²) < 4.78 is 23.7. The van der Waals surface area contributed by atoms with E-state index in [-0.39, 0.29) is 64.8 Å². The van der Waals surface area contributed by atoms with E-state index in [9.17, 15) is 29.4 Å². The Kier molecular flexibility index (Phi) is 16.2. The maximum atomic E-state index is 12.5. The van der Waals surface area contributed by atoms with E-state index in [2.05, 4.69) is 33.5 Å². The Balaban J connectivity index is 1.75. The van der Waals surface area contributed by atoms with Gasteiger partial charge in [-0.1, -0.05) is 12.8 Å². The third-order valence-electron chi connectivity index (χ3n) is 5.79. The van der Waals surface area contributed by atoms with Crippen LogP contribution < -0.4 is 20.7 Å². The number of hydrogen-bond donors (Lipinski definition) is 7. The lowest BCUT2D eigenvalue weighted by molar-refractivity contribution is -0.213. The molecule has 0 radical (unpaired) electrons. The second kappa shape index (κ2) is 19.1. The van der Waals surface area contributed by atoms with Gasteiger partial charge in [-0.15, -0.1) is 0 Å². The molecule has 224 valence electrons. The van der Waals surface area contributed by atoms with Gasteiger partial charge >= 0.3 is 0 Å². The normalized spacial score (nSPS) is 23.2. The lowest BCUT2D eigenvalue weighted by Crippen LogP contribution is -2.48. The predicted molar refractivity (Wildman–Crippen MR) is 139 cm³/mol. The molecule has 2 saturated heterocycles. The molecule has 0 bridgehead atoms. The number of carbonyl (C=O) groups is 4. The molecular weight excluding hydrogens is 538 g/mol. The minimum Gasteiger partial charge on any atom is -0.388 e. The van der Waals surface area contributed by atoms with Gasteiger partial charge in [0.25, 0.3) is 0 Å². The van der Waals surface area contributed by atoms with E-state index in [0.717, 1.165) is 12.8 Å². The van der Waals surface area contributed by atoms with Crippen LogP contribution in [0.3, 0.4) is 0 Å². The van der Waals surface area contributed by atoms with Crippen molar-refractivity contribution in [1.29, 1.82) is 0 Å². The molecule has 39 heavy (non-hydrogen) atoms. The van der Waals surface area contributed by atoms with Crippen LogP contribution in [0.1, 0.15) is 32.1 Å². The summed E-state index contributed by atoms with van der Waals surface area (Å²) in [5, 5.41) is 27.6. The van der Waals surface area contributed by atoms with Crippen molar-refractivity contribution < 1.29 is 48.3 Å². The number of amides is 4. The van der Waals surface area contributed by atoms with Crippen molar-refractivity contribution in [2.24, 2.45) is 0 Å². The average molecular weight is 580 g/mol. The van der Waals surface area contributed by atoms with Gasteiger partial charge in [-0.25, -0.2) is 0 Å². The second-order valence-corrected chi connectivity index (χ2v) is 9.34. The van der Waals surface area contributed by atoms with Crippen molar-refractivity contribution in [3.8, 4) is 0 Å². The summed E-state index contributed by atoms with van der Waals surface area (Å²) >= 11 is 3.64. The average Bonchev–Trinajstić information content (AvgIpc) is 2.90. The third-order valence-corrected chi connectivity index (χ3v) is 6.04. The Bertz CT molecular complexity index is 736. The monoisotopic (exact) mass is 579 g/mol. The largest absolute Gasteiger partial charge is 0.388 e. The van der Waals surface area contributed by atoms with E-state index in [4.69, 9.17) is 18.9 Å². The number of ether oxygens (including phenoxy) is 4. The maximum absolute atomic E-state index is 12.5. The highest BCUT2D eigenvalue weighted by Crippen LogP contribution is 2.15. The number of nitrogens with zero attached hydrogens (tertiary/aromatic N) is 1. The highest BCUT2D eigenvalue weighted by molar-refractivity contribution is 7.78. The molecule has 16 heteroatoms. The van der Waals surface area contributed by atoms with E-state index in [1.165, 1.54) is 4.90 Å². The van der Waals surface area contributed by atoms with Crippen LogP contribution in [0.4, 0.5) is 0 Å². The van der Waals surface area contributed by atoms with E-state index in [1.54, 1.807) is 0 Å². The van der Waals surface area contributed by atoms with Gasteiger partial charge in [0.2, 0.25) is 23.6 Å². The molecule has 0 spiro atoms. The molecule has 0 aromatic carbocycles. The molecule has 4 unspecified atom stereocenters. The molecule has 2 rings (SSSR count). The first kappa shape index (κ1) is 33.2. The van der Waals surface area contributed by atoms with Crippen LogP contribution in [0.25, 0.3) is 0 Å². The summed E-state index contributed by atoms with van der Waals surface area (Å²) in [4.78, 5) is 49.9. The molecule has 4 amide bonds. The van der Waals surface area contributed by atoms with Gasteiger partial charge in [0.15, 0.2) is 12.6 Å². The SMILES string of the molecule is O=C(CCNC(=O)CN(CC(=O)NCCOC1OCCCC1O)CC(=O)NCCOC1OCCCC1O)NS. The third kappa shape index (κ3) is 14.2. The van der Waals surface area contributed by atoms with E-state index in [1.807, 2.05) is 0 Å². The fourth-order valence-corrected chi connectivity index (χ4v) is 3.96. The van der Waals surface area contributed by atoms with Crippen LogP contribution in [-0.4, -0.2) is 129 Å². The van der Waals surface area contributed by atoms with Gasteiger partial charge in [0, 0.05) is 39.3 Å². The van der Waals surface area contributed by atoms with Crippen molar-refractivity contribution in [3.05, 3.63) is 0 Å². The quantitative estimate of drug-likeness (QED) is 0.0686. The summed E-state index contributed by atoms with van der Waals surface area (Å²) in [5.74, 6) is -1.71. The molecule has 6 N–H and O–H groups in total. The molecular formula is C23H41N5O10S. The molecule has 4 atom stereocenters. The van der Waals surface area contributed by atoms with Gasteiger partial charge in [-0.2, -0.15) is 0 Å². The Hall–Kier alpha value is -2.05. The first-order valence-electron chi connectivity index (χ1n) is 13.1. The van der Waals surface area contributed by atoms with Crippen LogP contribution in [0.15, 0.2) is 0 Å². The van der Waals surface area contributed by atoms with E-state index < -0.39 is 42.5 Å². The van der Waals surface area contributed by atoms with Crippen LogP contribution >= 0.6 is 12.8 Å². The molecule has 2 aliphatic rings. The molecule has 0 saturated carbocycles. The molecule has 0 aliphatic carbocycles. The number of rotatable bonds is 17. The minimum absolute atomic E-state index is 0.0228. The van der Waals surface area contributed by atoms with Crippen LogP contribution in [-0.2, 0) is 38.1 Å². The topological polar surface area (TPSA) is 197 Å². The first-order valence-corrected chi connectivity index (χ1v) is 13.5. The standard InChI is InChI=1S/C23H41N5O10S/c29-16-3-1-9-35-22(16)37-11-7-25-20(33)14-28(13-19(32)24-6-5-18(31)27-39)15-21(34)26-8-12-38-23-17(30)4-2-10-36-23/h16-17,22-23,29-30,39H,1-15H2,(H,24,32)(H,25,33)(H,26,34)(H,27,31). The smallest absolute Gasteiger partial charge is 0.234 e. The van der Waals surface area contributed by atoms with Gasteiger partial charge in [-0.3, -0.25) is 24.1 Å². The Morgan fingerprint density at radius 1 is 0.744 bits per heavy atom. The zero-order valence-electron chi connectivity index (χ0n) is 22.0. The summed E-state index contributed by atoms with van der Waals surface area (Å²) in [7, 11) is 0. The molecule has 0 aromatic rings. The summed E-state index contributed by atoms with van der Waals surface area (Å²) in [6.07, 6.45) is -0.213. The van der Waals surface area contributed by atoms with E-state index in [0.29, 0.717) is 26.1 Å². The molecule has 2 heterocycles. The molecule has 2 aliphatic heterocycles. The summed E-state index contributed by atoms with van der Waals surface area (Å²) in [6.45, 7) is 0.799. The van der Waals surface area contributed by atoms with Gasteiger partial charge in [0.05, 0.1) is 32.8 Å². The summed E-state index contributed by atoms with van der Waals surface area (Å²) in [5.41, 5.74) is 0. The van der Waals surface area contributed by atoms with Crippen LogP contribution in [0, 0.1) is 0 Å². The second-order valence-electron chi connectivity index (χ2n) is 9.12. The van der Waals surface area contributed by atoms with Crippen molar-refractivity contribution in [2.45, 2.75) is 56.9 Å². The first-order chi connectivity index (χ1) is 18.8. The predicted octanol–water partition coefficient (Wildman–Crippen LogP) is -2.98. The number of aliphatic hydroxyl groups is 2. The highest BCUT2D eigenvalue weighted by atomic mass is 32.1. The maximum Gasteiger partial charge on any atom is 0.234 e. The number of thiol groups is 1. The number of aliphatic hydroxyl groups excluding tert-OH is 2.